The van der Waals surface area contributed by atoms with E-state index in [0.717, 1.165) is 0 Å². The monoisotopic (exact) mass is 262 g/mol. The molecule has 0 saturated heterocycles. The summed E-state index contributed by atoms with van der Waals surface area (Å²) >= 11 is 0. The van der Waals surface area contributed by atoms with Crippen LogP contribution in [0.4, 0.5) is 5.69 Å². The van der Waals surface area contributed by atoms with E-state index in [2.05, 4.69) is 17.2 Å². The van der Waals surface area contributed by atoms with Crippen molar-refractivity contribution < 1.29 is 14.3 Å². The third kappa shape index (κ3) is 4.93. The predicted molar refractivity (Wildman–Crippen MR) is 74.1 cm³/mol. The molecule has 1 aromatic carbocycles. The van der Waals surface area contributed by atoms with Gasteiger partial charge in [0.05, 0.1) is 6.61 Å². The van der Waals surface area contributed by atoms with Gasteiger partial charge in [-0.15, -0.1) is 0 Å². The Hall–Kier alpha value is -2.14. The summed E-state index contributed by atoms with van der Waals surface area (Å²) in [7, 11) is 1.57. The van der Waals surface area contributed by atoms with E-state index in [4.69, 9.17) is 4.74 Å². The van der Waals surface area contributed by atoms with Crippen LogP contribution in [-0.2, 0) is 9.53 Å². The Labute approximate surface area is 112 Å². The summed E-state index contributed by atoms with van der Waals surface area (Å²) in [5, 5.41) is 5.38. The SMILES string of the molecule is C=C(C)C(=O)Nc1ccc(C(=O)NCCOC)cc1. The summed E-state index contributed by atoms with van der Waals surface area (Å²) in [6.07, 6.45) is 0. The topological polar surface area (TPSA) is 67.4 Å². The van der Waals surface area contributed by atoms with Crippen molar-refractivity contribution in [3.8, 4) is 0 Å². The van der Waals surface area contributed by atoms with Gasteiger partial charge < -0.3 is 15.4 Å². The highest BCUT2D eigenvalue weighted by molar-refractivity contribution is 6.03. The maximum Gasteiger partial charge on any atom is 0.251 e. The van der Waals surface area contributed by atoms with Crippen LogP contribution >= 0.6 is 0 Å². The Bertz CT molecular complexity index is 466. The van der Waals surface area contributed by atoms with E-state index in [1.807, 2.05) is 0 Å². The van der Waals surface area contributed by atoms with Gasteiger partial charge in [-0.3, -0.25) is 9.59 Å². The molecular weight excluding hydrogens is 244 g/mol. The fourth-order valence-corrected chi connectivity index (χ4v) is 1.31. The van der Waals surface area contributed by atoms with E-state index in [-0.39, 0.29) is 11.8 Å². The number of hydrogen-bond donors (Lipinski definition) is 2. The minimum absolute atomic E-state index is 0.171. The van der Waals surface area contributed by atoms with Gasteiger partial charge in [0.1, 0.15) is 0 Å². The molecule has 0 aliphatic carbocycles. The fourth-order valence-electron chi connectivity index (χ4n) is 1.31. The number of anilines is 1. The number of carbonyl (C=O) groups is 2. The summed E-state index contributed by atoms with van der Waals surface area (Å²) in [6, 6.07) is 6.64. The third-order valence-corrected chi connectivity index (χ3v) is 2.38. The molecule has 5 nitrogen and oxygen atoms in total. The molecule has 0 aliphatic rings. The zero-order valence-corrected chi connectivity index (χ0v) is 11.2. The molecule has 0 aromatic heterocycles. The van der Waals surface area contributed by atoms with Gasteiger partial charge in [-0.25, -0.2) is 0 Å². The van der Waals surface area contributed by atoms with Crippen LogP contribution in [0.2, 0.25) is 0 Å². The molecule has 1 rings (SSSR count). The first-order valence-electron chi connectivity index (χ1n) is 5.88. The van der Waals surface area contributed by atoms with Crippen LogP contribution in [0.5, 0.6) is 0 Å². The van der Waals surface area contributed by atoms with Crippen molar-refractivity contribution in [2.24, 2.45) is 0 Å². The summed E-state index contributed by atoms with van der Waals surface area (Å²) in [4.78, 5) is 23.1. The second kappa shape index (κ2) is 7.33. The Kier molecular flexibility index (Phi) is 5.75. The normalized spacial score (nSPS) is 9.79. The number of carbonyl (C=O) groups excluding carboxylic acids is 2. The number of rotatable bonds is 6. The standard InChI is InChI=1S/C14H18N2O3/c1-10(2)13(17)16-12-6-4-11(5-7-12)14(18)15-8-9-19-3/h4-7H,1,8-9H2,2-3H3,(H,15,18)(H,16,17). The summed E-state index contributed by atoms with van der Waals surface area (Å²) < 4.78 is 4.84. The van der Waals surface area contributed by atoms with Gasteiger partial charge in [-0.2, -0.15) is 0 Å². The first kappa shape index (κ1) is 14.9. The maximum absolute atomic E-state index is 11.7. The Balaban J connectivity index is 2.58. The summed E-state index contributed by atoms with van der Waals surface area (Å²) in [5.41, 5.74) is 1.59. The zero-order valence-electron chi connectivity index (χ0n) is 11.2. The largest absolute Gasteiger partial charge is 0.383 e. The Morgan fingerprint density at radius 3 is 2.42 bits per heavy atom. The van der Waals surface area contributed by atoms with Crippen molar-refractivity contribution >= 4 is 17.5 Å². The molecule has 102 valence electrons. The number of amides is 2. The quantitative estimate of drug-likeness (QED) is 0.604. The van der Waals surface area contributed by atoms with Crippen molar-refractivity contribution in [2.45, 2.75) is 6.92 Å². The van der Waals surface area contributed by atoms with E-state index in [0.29, 0.717) is 30.0 Å². The highest BCUT2D eigenvalue weighted by Gasteiger charge is 2.06. The van der Waals surface area contributed by atoms with Crippen molar-refractivity contribution in [3.63, 3.8) is 0 Å². The van der Waals surface area contributed by atoms with Gasteiger partial charge in [-0.1, -0.05) is 6.58 Å². The van der Waals surface area contributed by atoms with Crippen molar-refractivity contribution in [3.05, 3.63) is 42.0 Å². The predicted octanol–water partition coefficient (Wildman–Crippen LogP) is 1.58. The minimum atomic E-state index is -0.239. The lowest BCUT2D eigenvalue weighted by Crippen LogP contribution is -2.26. The highest BCUT2D eigenvalue weighted by Crippen LogP contribution is 2.10. The van der Waals surface area contributed by atoms with E-state index in [9.17, 15) is 9.59 Å². The zero-order chi connectivity index (χ0) is 14.3. The molecule has 0 fully saturated rings. The lowest BCUT2D eigenvalue weighted by Gasteiger charge is -2.07. The number of methoxy groups -OCH3 is 1. The Morgan fingerprint density at radius 2 is 1.89 bits per heavy atom. The van der Waals surface area contributed by atoms with Crippen LogP contribution < -0.4 is 10.6 Å². The summed E-state index contributed by atoms with van der Waals surface area (Å²) in [5.74, 6) is -0.410. The van der Waals surface area contributed by atoms with E-state index in [1.54, 1.807) is 38.3 Å². The molecule has 0 saturated carbocycles. The van der Waals surface area contributed by atoms with E-state index >= 15 is 0 Å². The molecule has 2 amide bonds. The molecular formula is C14H18N2O3. The molecule has 0 atom stereocenters. The van der Waals surface area contributed by atoms with Crippen molar-refractivity contribution in [1.29, 1.82) is 0 Å². The van der Waals surface area contributed by atoms with Gasteiger partial charge in [0.2, 0.25) is 0 Å². The number of benzene rings is 1. The van der Waals surface area contributed by atoms with Crippen molar-refractivity contribution in [2.75, 3.05) is 25.6 Å². The number of nitrogens with one attached hydrogen (secondary N) is 2. The second-order valence-electron chi connectivity index (χ2n) is 4.06. The maximum atomic E-state index is 11.7. The average Bonchev–Trinajstić information content (AvgIpc) is 2.39. The van der Waals surface area contributed by atoms with Gasteiger partial charge in [0, 0.05) is 30.5 Å². The van der Waals surface area contributed by atoms with E-state index < -0.39 is 0 Å². The lowest BCUT2D eigenvalue weighted by atomic mass is 10.2. The summed E-state index contributed by atoms with van der Waals surface area (Å²) in [6.45, 7) is 6.12. The van der Waals surface area contributed by atoms with Crippen LogP contribution in [0.1, 0.15) is 17.3 Å². The average molecular weight is 262 g/mol. The Morgan fingerprint density at radius 1 is 1.26 bits per heavy atom. The molecule has 0 spiro atoms. The molecule has 0 radical (unpaired) electrons. The molecule has 2 N–H and O–H groups in total. The molecule has 0 unspecified atom stereocenters. The first-order valence-corrected chi connectivity index (χ1v) is 5.88. The van der Waals surface area contributed by atoms with E-state index in [1.165, 1.54) is 0 Å². The van der Waals surface area contributed by atoms with Crippen molar-refractivity contribution in [1.82, 2.24) is 5.32 Å². The van der Waals surface area contributed by atoms with Gasteiger partial charge in [-0.05, 0) is 31.2 Å². The number of ether oxygens (including phenoxy) is 1. The van der Waals surface area contributed by atoms with Crippen LogP contribution in [-0.4, -0.2) is 32.1 Å². The molecule has 0 heterocycles. The second-order valence-corrected chi connectivity index (χ2v) is 4.06. The van der Waals surface area contributed by atoms with Gasteiger partial charge in [0.25, 0.3) is 11.8 Å². The van der Waals surface area contributed by atoms with Crippen LogP contribution in [0.25, 0.3) is 0 Å². The molecule has 0 aliphatic heterocycles. The first-order chi connectivity index (χ1) is 9.04. The lowest BCUT2D eigenvalue weighted by molar-refractivity contribution is -0.112. The van der Waals surface area contributed by atoms with Gasteiger partial charge >= 0.3 is 0 Å². The molecule has 0 bridgehead atoms. The highest BCUT2D eigenvalue weighted by atomic mass is 16.5. The molecule has 19 heavy (non-hydrogen) atoms. The number of hydrogen-bond acceptors (Lipinski definition) is 3. The van der Waals surface area contributed by atoms with Gasteiger partial charge in [0.15, 0.2) is 0 Å². The van der Waals surface area contributed by atoms with Crippen LogP contribution in [0, 0.1) is 0 Å². The fraction of sp³-hybridized carbons (Fsp3) is 0.286. The third-order valence-electron chi connectivity index (χ3n) is 2.38. The van der Waals surface area contributed by atoms with Crippen LogP contribution in [0.15, 0.2) is 36.4 Å². The smallest absolute Gasteiger partial charge is 0.251 e. The molecule has 5 heteroatoms. The minimum Gasteiger partial charge on any atom is -0.383 e. The van der Waals surface area contributed by atoms with Crippen LogP contribution in [0.3, 0.4) is 0 Å². The molecule has 1 aromatic rings.